The molecule has 0 amide bonds. The molecule has 1 saturated heterocycles. The number of anilines is 1. The van der Waals surface area contributed by atoms with E-state index in [1.54, 1.807) is 0 Å². The van der Waals surface area contributed by atoms with E-state index in [1.807, 2.05) is 0 Å². The first-order valence-corrected chi connectivity index (χ1v) is 9.30. The second kappa shape index (κ2) is 7.20. The van der Waals surface area contributed by atoms with Crippen molar-refractivity contribution in [3.8, 4) is 0 Å². The molecule has 3 aromatic carbocycles. The highest BCUT2D eigenvalue weighted by Gasteiger charge is 2.16. The van der Waals surface area contributed by atoms with Crippen LogP contribution in [0.1, 0.15) is 18.1 Å². The molecule has 0 atom stereocenters. The molecule has 1 aliphatic rings. The molecule has 3 nitrogen and oxygen atoms in total. The van der Waals surface area contributed by atoms with E-state index in [1.165, 1.54) is 27.6 Å². The number of fused-ring (bicyclic) bond motifs is 1. The molecule has 3 aromatic rings. The van der Waals surface area contributed by atoms with Gasteiger partial charge in [-0.1, -0.05) is 54.1 Å². The topological polar surface area (TPSA) is 18.8 Å². The van der Waals surface area contributed by atoms with E-state index in [-0.39, 0.29) is 0 Å². The number of hydrogen-bond donors (Lipinski definition) is 0. The van der Waals surface area contributed by atoms with Crippen molar-refractivity contribution in [2.24, 2.45) is 5.10 Å². The lowest BCUT2D eigenvalue weighted by molar-refractivity contribution is 0.270. The third-order valence-corrected chi connectivity index (χ3v) is 5.11. The monoisotopic (exact) mass is 343 g/mol. The quantitative estimate of drug-likeness (QED) is 0.642. The van der Waals surface area contributed by atoms with Gasteiger partial charge in [-0.25, -0.2) is 0 Å². The van der Waals surface area contributed by atoms with Crippen LogP contribution in [0.15, 0.2) is 71.8 Å². The van der Waals surface area contributed by atoms with Gasteiger partial charge in [0, 0.05) is 18.8 Å². The molecule has 132 valence electrons. The first-order valence-electron chi connectivity index (χ1n) is 9.30. The smallest absolute Gasteiger partial charge is 0.0646 e. The molecule has 1 heterocycles. The third-order valence-electron chi connectivity index (χ3n) is 5.11. The maximum absolute atomic E-state index is 4.88. The van der Waals surface area contributed by atoms with Crippen molar-refractivity contribution in [3.05, 3.63) is 77.9 Å². The van der Waals surface area contributed by atoms with Gasteiger partial charge in [0.25, 0.3) is 0 Å². The van der Waals surface area contributed by atoms with Crippen molar-refractivity contribution >= 4 is 22.2 Å². The van der Waals surface area contributed by atoms with Crippen LogP contribution in [-0.2, 0) is 0 Å². The van der Waals surface area contributed by atoms with Gasteiger partial charge in [-0.2, -0.15) is 5.10 Å². The molecule has 4 rings (SSSR count). The number of piperazine rings is 1. The Morgan fingerprint density at radius 1 is 0.808 bits per heavy atom. The Hall–Kier alpha value is -2.81. The second-order valence-electron chi connectivity index (χ2n) is 7.02. The third kappa shape index (κ3) is 3.57. The number of hydrogen-bond acceptors (Lipinski definition) is 3. The summed E-state index contributed by atoms with van der Waals surface area (Å²) in [6, 6.07) is 23.9. The molecule has 1 aliphatic heterocycles. The van der Waals surface area contributed by atoms with E-state index >= 15 is 0 Å². The first kappa shape index (κ1) is 16.6. The van der Waals surface area contributed by atoms with Crippen LogP contribution in [-0.4, -0.2) is 36.9 Å². The lowest BCUT2D eigenvalue weighted by Gasteiger charge is -2.35. The van der Waals surface area contributed by atoms with Crippen LogP contribution in [0.2, 0.25) is 0 Å². The van der Waals surface area contributed by atoms with Crippen LogP contribution in [0.5, 0.6) is 0 Å². The normalized spacial score (nSPS) is 15.5. The van der Waals surface area contributed by atoms with Crippen molar-refractivity contribution in [1.29, 1.82) is 0 Å². The molecule has 26 heavy (non-hydrogen) atoms. The predicted molar refractivity (Wildman–Crippen MR) is 111 cm³/mol. The molecule has 0 unspecified atom stereocenters. The van der Waals surface area contributed by atoms with E-state index in [9.17, 15) is 0 Å². The van der Waals surface area contributed by atoms with E-state index < -0.39 is 0 Å². The van der Waals surface area contributed by atoms with E-state index in [0.717, 1.165) is 31.9 Å². The summed E-state index contributed by atoms with van der Waals surface area (Å²) >= 11 is 0. The van der Waals surface area contributed by atoms with Crippen LogP contribution in [0.25, 0.3) is 10.8 Å². The van der Waals surface area contributed by atoms with Gasteiger partial charge in [0.05, 0.1) is 18.8 Å². The highest BCUT2D eigenvalue weighted by Crippen LogP contribution is 2.19. The van der Waals surface area contributed by atoms with Crippen molar-refractivity contribution in [2.75, 3.05) is 31.1 Å². The van der Waals surface area contributed by atoms with Crippen LogP contribution < -0.4 is 4.90 Å². The first-order chi connectivity index (χ1) is 12.7. The molecule has 0 N–H and O–H groups in total. The Bertz CT molecular complexity index is 920. The maximum atomic E-state index is 4.88. The van der Waals surface area contributed by atoms with Crippen LogP contribution in [0.3, 0.4) is 0 Å². The summed E-state index contributed by atoms with van der Waals surface area (Å²) in [6.07, 6.45) is 0. The predicted octanol–water partition coefficient (Wildman–Crippen LogP) is 4.69. The zero-order chi connectivity index (χ0) is 17.9. The fraction of sp³-hybridized carbons (Fsp3) is 0.261. The molecule has 0 bridgehead atoms. The van der Waals surface area contributed by atoms with Crippen LogP contribution >= 0.6 is 0 Å². The van der Waals surface area contributed by atoms with E-state index in [4.69, 9.17) is 5.10 Å². The Morgan fingerprint density at radius 3 is 2.23 bits per heavy atom. The average molecular weight is 343 g/mol. The highest BCUT2D eigenvalue weighted by molar-refractivity contribution is 6.01. The fourth-order valence-electron chi connectivity index (χ4n) is 3.49. The van der Waals surface area contributed by atoms with Crippen LogP contribution in [0, 0.1) is 6.92 Å². The minimum atomic E-state index is 0.957. The zero-order valence-corrected chi connectivity index (χ0v) is 15.5. The Labute approximate surface area is 155 Å². The van der Waals surface area contributed by atoms with Gasteiger partial charge in [0.2, 0.25) is 0 Å². The molecular weight excluding hydrogens is 318 g/mol. The summed E-state index contributed by atoms with van der Waals surface area (Å²) in [4.78, 5) is 2.44. The zero-order valence-electron chi connectivity index (χ0n) is 15.5. The molecular formula is C23H25N3. The highest BCUT2D eigenvalue weighted by atomic mass is 15.5. The summed E-state index contributed by atoms with van der Waals surface area (Å²) in [5.74, 6) is 0. The summed E-state index contributed by atoms with van der Waals surface area (Å²) < 4.78 is 0. The van der Waals surface area contributed by atoms with Gasteiger partial charge in [-0.3, -0.25) is 5.01 Å². The molecule has 1 fully saturated rings. The van der Waals surface area contributed by atoms with Gasteiger partial charge in [-0.05, 0) is 48.4 Å². The number of hydrazone groups is 1. The Balaban J connectivity index is 1.44. The summed E-state index contributed by atoms with van der Waals surface area (Å²) in [5.41, 5.74) is 4.90. The molecule has 0 spiro atoms. The van der Waals surface area contributed by atoms with E-state index in [0.29, 0.717) is 0 Å². The van der Waals surface area contributed by atoms with Gasteiger partial charge < -0.3 is 4.90 Å². The SMILES string of the molecule is CC(=NN1CCN(c2ccc(C)cc2)CC1)c1ccc2ccccc2c1. The van der Waals surface area contributed by atoms with Gasteiger partial charge in [-0.15, -0.1) is 0 Å². The maximum Gasteiger partial charge on any atom is 0.0646 e. The number of rotatable bonds is 3. The molecule has 0 aliphatic carbocycles. The van der Waals surface area contributed by atoms with Crippen molar-refractivity contribution in [3.63, 3.8) is 0 Å². The van der Waals surface area contributed by atoms with Gasteiger partial charge in [0.15, 0.2) is 0 Å². The average Bonchev–Trinajstić information content (AvgIpc) is 2.69. The largest absolute Gasteiger partial charge is 0.368 e. The lowest BCUT2D eigenvalue weighted by Crippen LogP contribution is -2.44. The Kier molecular flexibility index (Phi) is 4.61. The summed E-state index contributed by atoms with van der Waals surface area (Å²) in [7, 11) is 0. The van der Waals surface area contributed by atoms with Crippen molar-refractivity contribution < 1.29 is 0 Å². The van der Waals surface area contributed by atoms with E-state index in [2.05, 4.69) is 90.5 Å². The minimum Gasteiger partial charge on any atom is -0.368 e. The van der Waals surface area contributed by atoms with Gasteiger partial charge in [0.1, 0.15) is 0 Å². The van der Waals surface area contributed by atoms with Gasteiger partial charge >= 0.3 is 0 Å². The minimum absolute atomic E-state index is 0.957. The summed E-state index contributed by atoms with van der Waals surface area (Å²) in [5, 5.41) is 9.62. The van der Waals surface area contributed by atoms with Crippen molar-refractivity contribution in [2.45, 2.75) is 13.8 Å². The second-order valence-corrected chi connectivity index (χ2v) is 7.02. The van der Waals surface area contributed by atoms with Crippen LogP contribution in [0.4, 0.5) is 5.69 Å². The lowest BCUT2D eigenvalue weighted by atomic mass is 10.0. The molecule has 3 heteroatoms. The number of nitrogens with zero attached hydrogens (tertiary/aromatic N) is 3. The summed E-state index contributed by atoms with van der Waals surface area (Å²) in [6.45, 7) is 8.18. The van der Waals surface area contributed by atoms with Crippen molar-refractivity contribution in [1.82, 2.24) is 5.01 Å². The number of benzene rings is 3. The number of aryl methyl sites for hydroxylation is 1. The molecule has 0 saturated carbocycles. The molecule has 0 radical (unpaired) electrons. The standard InChI is InChI=1S/C23H25N3/c1-18-7-11-23(12-8-18)25-13-15-26(16-14-25)24-19(2)21-10-9-20-5-3-4-6-22(20)17-21/h3-12,17H,13-16H2,1-2H3. The Morgan fingerprint density at radius 2 is 1.50 bits per heavy atom. The molecule has 0 aromatic heterocycles. The fourth-order valence-corrected chi connectivity index (χ4v) is 3.49.